The van der Waals surface area contributed by atoms with Crippen molar-refractivity contribution in [3.05, 3.63) is 82.6 Å². The molecule has 2 aromatic carbocycles. The smallest absolute Gasteiger partial charge is 0.336 e. The number of nitrogens with one attached hydrogen (secondary N) is 1. The number of carboxylic acids is 1. The van der Waals surface area contributed by atoms with E-state index in [9.17, 15) is 23.5 Å². The highest BCUT2D eigenvalue weighted by molar-refractivity contribution is 6.30. The molecule has 3 aromatic rings. The highest BCUT2D eigenvalue weighted by Crippen LogP contribution is 2.48. The van der Waals surface area contributed by atoms with Gasteiger partial charge in [0.15, 0.2) is 0 Å². The zero-order valence-electron chi connectivity index (χ0n) is 17.0. The third kappa shape index (κ3) is 4.62. The van der Waals surface area contributed by atoms with Crippen LogP contribution in [-0.2, 0) is 10.7 Å². The van der Waals surface area contributed by atoms with Gasteiger partial charge in [-0.2, -0.15) is 8.78 Å². The van der Waals surface area contributed by atoms with Crippen molar-refractivity contribution in [2.45, 2.75) is 25.2 Å². The van der Waals surface area contributed by atoms with Crippen molar-refractivity contribution in [2.75, 3.05) is 5.32 Å². The van der Waals surface area contributed by atoms with Crippen LogP contribution in [0.5, 0.6) is 0 Å². The van der Waals surface area contributed by atoms with E-state index in [1.807, 2.05) is 12.1 Å². The summed E-state index contributed by atoms with van der Waals surface area (Å²) in [6.07, 6.45) is 1.92. The largest absolute Gasteiger partial charge is 0.478 e. The van der Waals surface area contributed by atoms with Crippen molar-refractivity contribution >= 4 is 29.2 Å². The SMILES string of the molecule is CC(F)(F)c1ccc(-c2ccc(NC(=O)C3CC3c3ccc(Cl)cc3)cc2C(=O)O)cn1. The lowest BCUT2D eigenvalue weighted by molar-refractivity contribution is -0.117. The lowest BCUT2D eigenvalue weighted by Gasteiger charge is -2.12. The van der Waals surface area contributed by atoms with Crippen molar-refractivity contribution in [3.63, 3.8) is 0 Å². The fourth-order valence-corrected chi connectivity index (χ4v) is 3.79. The van der Waals surface area contributed by atoms with Crippen molar-refractivity contribution in [1.82, 2.24) is 4.98 Å². The van der Waals surface area contributed by atoms with Crippen LogP contribution in [0.3, 0.4) is 0 Å². The van der Waals surface area contributed by atoms with Crippen LogP contribution in [0.4, 0.5) is 14.5 Å². The highest BCUT2D eigenvalue weighted by Gasteiger charge is 2.43. The zero-order valence-corrected chi connectivity index (χ0v) is 17.7. The molecule has 2 unspecified atom stereocenters. The number of hydrogen-bond donors (Lipinski definition) is 2. The minimum atomic E-state index is -3.09. The van der Waals surface area contributed by atoms with Gasteiger partial charge in [-0.25, -0.2) is 4.79 Å². The Bertz CT molecular complexity index is 1180. The number of carbonyl (C=O) groups is 2. The summed E-state index contributed by atoms with van der Waals surface area (Å²) in [5.74, 6) is -4.57. The number of anilines is 1. The molecule has 1 fully saturated rings. The molecule has 1 heterocycles. The summed E-state index contributed by atoms with van der Waals surface area (Å²) < 4.78 is 26.8. The van der Waals surface area contributed by atoms with Crippen molar-refractivity contribution < 1.29 is 23.5 Å². The van der Waals surface area contributed by atoms with Crippen molar-refractivity contribution in [2.24, 2.45) is 5.92 Å². The Balaban J connectivity index is 1.51. The molecular formula is C24H19ClF2N2O3. The molecule has 2 atom stereocenters. The fourth-order valence-electron chi connectivity index (χ4n) is 3.66. The van der Waals surface area contributed by atoms with E-state index in [4.69, 9.17) is 11.6 Å². The number of hydrogen-bond acceptors (Lipinski definition) is 3. The number of benzene rings is 2. The minimum Gasteiger partial charge on any atom is -0.478 e. The van der Waals surface area contributed by atoms with Crippen LogP contribution in [0.2, 0.25) is 5.02 Å². The minimum absolute atomic E-state index is 0.0642. The number of pyridine rings is 1. The Morgan fingerprint density at radius 3 is 2.44 bits per heavy atom. The number of aromatic nitrogens is 1. The normalized spacial score (nSPS) is 17.6. The lowest BCUT2D eigenvalue weighted by atomic mass is 9.99. The molecule has 0 saturated heterocycles. The van der Waals surface area contributed by atoms with Gasteiger partial charge in [0.1, 0.15) is 5.69 Å². The van der Waals surface area contributed by atoms with E-state index in [0.717, 1.165) is 12.5 Å². The van der Waals surface area contributed by atoms with Gasteiger partial charge in [0.05, 0.1) is 5.56 Å². The summed E-state index contributed by atoms with van der Waals surface area (Å²) in [5, 5.41) is 13.0. The molecule has 32 heavy (non-hydrogen) atoms. The standard InChI is InChI=1S/C24H19ClF2N2O3/c1-24(26,27)21-9-4-14(12-28-21)17-8-7-16(10-20(17)23(31)32)29-22(30)19-11-18(19)13-2-5-15(25)6-3-13/h2-10,12,18-19H,11H2,1H3,(H,29,30)(H,31,32). The van der Waals surface area contributed by atoms with Crippen LogP contribution in [0.1, 0.15) is 40.9 Å². The Labute approximate surface area is 188 Å². The van der Waals surface area contributed by atoms with E-state index in [0.29, 0.717) is 28.3 Å². The predicted octanol–water partition coefficient (Wildman–Crippen LogP) is 5.95. The number of carboxylic acid groups (broad SMARTS) is 1. The number of amides is 1. The van der Waals surface area contributed by atoms with E-state index >= 15 is 0 Å². The van der Waals surface area contributed by atoms with Gasteiger partial charge < -0.3 is 10.4 Å². The maximum Gasteiger partial charge on any atom is 0.336 e. The number of aromatic carboxylic acids is 1. The molecule has 1 aliphatic rings. The second kappa shape index (κ2) is 8.31. The van der Waals surface area contributed by atoms with Crippen LogP contribution in [0.15, 0.2) is 60.8 Å². The first-order chi connectivity index (χ1) is 15.1. The average Bonchev–Trinajstić information content (AvgIpc) is 3.55. The van der Waals surface area contributed by atoms with E-state index in [-0.39, 0.29) is 23.3 Å². The Kier molecular flexibility index (Phi) is 5.69. The van der Waals surface area contributed by atoms with Crippen LogP contribution >= 0.6 is 11.6 Å². The van der Waals surface area contributed by atoms with Crippen LogP contribution in [0, 0.1) is 5.92 Å². The molecule has 5 nitrogen and oxygen atoms in total. The molecule has 4 rings (SSSR count). The zero-order chi connectivity index (χ0) is 23.0. The number of carbonyl (C=O) groups excluding carboxylic acids is 1. The van der Waals surface area contributed by atoms with Crippen LogP contribution < -0.4 is 5.32 Å². The number of nitrogens with zero attached hydrogens (tertiary/aromatic N) is 1. The monoisotopic (exact) mass is 456 g/mol. The number of rotatable bonds is 6. The third-order valence-corrected chi connectivity index (χ3v) is 5.72. The Morgan fingerprint density at radius 1 is 1.12 bits per heavy atom. The topological polar surface area (TPSA) is 79.3 Å². The second-order valence-electron chi connectivity index (χ2n) is 7.88. The number of alkyl halides is 2. The summed E-state index contributed by atoms with van der Waals surface area (Å²) in [7, 11) is 0. The van der Waals surface area contributed by atoms with Crippen LogP contribution in [-0.4, -0.2) is 22.0 Å². The lowest BCUT2D eigenvalue weighted by Crippen LogP contribution is -2.15. The predicted molar refractivity (Wildman–Crippen MR) is 117 cm³/mol. The maximum atomic E-state index is 13.4. The molecule has 1 aliphatic carbocycles. The maximum absolute atomic E-state index is 13.4. The summed E-state index contributed by atoms with van der Waals surface area (Å²) in [6.45, 7) is 0.743. The van der Waals surface area contributed by atoms with Gasteiger partial charge >= 0.3 is 5.97 Å². The van der Waals surface area contributed by atoms with Gasteiger partial charge in [0.2, 0.25) is 5.91 Å². The summed E-state index contributed by atoms with van der Waals surface area (Å²) in [6, 6.07) is 14.4. The van der Waals surface area contributed by atoms with Crippen molar-refractivity contribution in [3.8, 4) is 11.1 Å². The first-order valence-electron chi connectivity index (χ1n) is 9.92. The van der Waals surface area contributed by atoms with E-state index in [2.05, 4.69) is 10.3 Å². The third-order valence-electron chi connectivity index (χ3n) is 5.47. The molecule has 2 N–H and O–H groups in total. The quantitative estimate of drug-likeness (QED) is 0.480. The average molecular weight is 457 g/mol. The summed E-state index contributed by atoms with van der Waals surface area (Å²) in [4.78, 5) is 28.2. The molecule has 8 heteroatoms. The second-order valence-corrected chi connectivity index (χ2v) is 8.31. The molecule has 0 aliphatic heterocycles. The Hall–Kier alpha value is -3.32. The molecule has 1 saturated carbocycles. The van der Waals surface area contributed by atoms with Gasteiger partial charge in [-0.1, -0.05) is 35.9 Å². The molecular weight excluding hydrogens is 438 g/mol. The van der Waals surface area contributed by atoms with Gasteiger partial charge in [-0.15, -0.1) is 0 Å². The van der Waals surface area contributed by atoms with Gasteiger partial charge in [-0.3, -0.25) is 9.78 Å². The molecule has 1 aromatic heterocycles. The molecule has 0 spiro atoms. The van der Waals surface area contributed by atoms with E-state index < -0.39 is 17.6 Å². The number of halogens is 3. The van der Waals surface area contributed by atoms with Gasteiger partial charge in [0, 0.05) is 35.3 Å². The summed E-state index contributed by atoms with van der Waals surface area (Å²) >= 11 is 5.90. The van der Waals surface area contributed by atoms with Crippen LogP contribution in [0.25, 0.3) is 11.1 Å². The molecule has 1 amide bonds. The first-order valence-corrected chi connectivity index (χ1v) is 10.3. The van der Waals surface area contributed by atoms with E-state index in [1.165, 1.54) is 30.5 Å². The summed E-state index contributed by atoms with van der Waals surface area (Å²) in [5.41, 5.74) is 1.62. The fraction of sp³-hybridized carbons (Fsp3) is 0.208. The first kappa shape index (κ1) is 21.9. The molecule has 164 valence electrons. The van der Waals surface area contributed by atoms with Gasteiger partial charge in [-0.05, 0) is 53.8 Å². The van der Waals surface area contributed by atoms with E-state index in [1.54, 1.807) is 18.2 Å². The Morgan fingerprint density at radius 2 is 1.84 bits per heavy atom. The molecule has 0 radical (unpaired) electrons. The molecule has 0 bridgehead atoms. The highest BCUT2D eigenvalue weighted by atomic mass is 35.5. The van der Waals surface area contributed by atoms with Gasteiger partial charge in [0.25, 0.3) is 5.92 Å². The van der Waals surface area contributed by atoms with Crippen molar-refractivity contribution in [1.29, 1.82) is 0 Å².